The molecule has 1 aromatic rings. The molecule has 1 saturated carbocycles. The van der Waals surface area contributed by atoms with Crippen molar-refractivity contribution in [3.8, 4) is 0 Å². The number of hydrogen-bond donors (Lipinski definition) is 1. The Labute approximate surface area is 136 Å². The van der Waals surface area contributed by atoms with Crippen LogP contribution in [0.15, 0.2) is 43.0 Å². The summed E-state index contributed by atoms with van der Waals surface area (Å²) in [6.45, 7) is 6.32. The van der Waals surface area contributed by atoms with Gasteiger partial charge in [-0.1, -0.05) is 55.7 Å². The maximum atomic E-state index is 9.75. The molecule has 0 radical (unpaired) electrons. The van der Waals surface area contributed by atoms with Crippen molar-refractivity contribution in [2.24, 2.45) is 5.41 Å². The molecule has 1 fully saturated rings. The van der Waals surface area contributed by atoms with Crippen LogP contribution in [0.1, 0.15) is 44.1 Å². The maximum absolute atomic E-state index is 9.75. The zero-order valence-electron chi connectivity index (χ0n) is 13.5. The van der Waals surface area contributed by atoms with E-state index in [2.05, 4.69) is 48.3 Å². The summed E-state index contributed by atoms with van der Waals surface area (Å²) in [5.74, 6) is 0. The van der Waals surface area contributed by atoms with Gasteiger partial charge >= 0.3 is 7.25 Å². The molecular weight excluding hydrogens is 305 g/mol. The zero-order valence-corrected chi connectivity index (χ0v) is 13.5. The maximum Gasteiger partial charge on any atom is 0.673 e. The Balaban J connectivity index is 0.000000463. The van der Waals surface area contributed by atoms with Crippen LogP contribution in [0.4, 0.5) is 17.3 Å². The van der Waals surface area contributed by atoms with Gasteiger partial charge in [0.15, 0.2) is 0 Å². The normalized spacial score (nSPS) is 17.0. The third kappa shape index (κ3) is 9.44. The van der Waals surface area contributed by atoms with Crippen molar-refractivity contribution in [3.05, 3.63) is 48.6 Å². The standard InChI is InChI=1S/C17H25N.BF4/c1-2-11-17(12-7-4-8-13-17)15-18-14-16-9-5-3-6-10-16;2-1(3,4)5/h2-3,5-6,9-10,18H,1,4,7-8,11-15H2;/q;-1/p+1. The van der Waals surface area contributed by atoms with Crippen LogP contribution in [0.3, 0.4) is 0 Å². The molecule has 0 bridgehead atoms. The van der Waals surface area contributed by atoms with E-state index in [1.54, 1.807) is 0 Å². The molecule has 0 atom stereocenters. The second-order valence-corrected chi connectivity index (χ2v) is 6.23. The molecule has 1 nitrogen and oxygen atoms in total. The number of nitrogens with two attached hydrogens (primary N) is 1. The number of allylic oxidation sites excluding steroid dienone is 1. The highest BCUT2D eigenvalue weighted by molar-refractivity contribution is 6.50. The summed E-state index contributed by atoms with van der Waals surface area (Å²) in [5, 5.41) is 2.49. The van der Waals surface area contributed by atoms with E-state index in [1.165, 1.54) is 50.6 Å². The molecule has 0 heterocycles. The van der Waals surface area contributed by atoms with E-state index < -0.39 is 7.25 Å². The van der Waals surface area contributed by atoms with Crippen molar-refractivity contribution in [1.29, 1.82) is 0 Å². The van der Waals surface area contributed by atoms with Crippen LogP contribution < -0.4 is 5.32 Å². The van der Waals surface area contributed by atoms with Crippen LogP contribution in [-0.4, -0.2) is 13.8 Å². The Morgan fingerprint density at radius 1 is 1.04 bits per heavy atom. The van der Waals surface area contributed by atoms with Crippen molar-refractivity contribution in [2.45, 2.75) is 45.1 Å². The number of quaternary nitrogens is 1. The van der Waals surface area contributed by atoms with Crippen molar-refractivity contribution in [3.63, 3.8) is 0 Å². The van der Waals surface area contributed by atoms with Gasteiger partial charge in [0, 0.05) is 11.0 Å². The first-order valence-electron chi connectivity index (χ1n) is 8.18. The van der Waals surface area contributed by atoms with E-state index in [0.29, 0.717) is 5.41 Å². The van der Waals surface area contributed by atoms with Crippen LogP contribution >= 0.6 is 0 Å². The summed E-state index contributed by atoms with van der Waals surface area (Å²) in [5.41, 5.74) is 1.97. The minimum absolute atomic E-state index is 0.536. The monoisotopic (exact) mass is 331 g/mol. The van der Waals surface area contributed by atoms with Crippen LogP contribution in [-0.2, 0) is 6.54 Å². The molecule has 130 valence electrons. The first-order valence-corrected chi connectivity index (χ1v) is 8.18. The molecule has 0 aromatic heterocycles. The first kappa shape index (κ1) is 19.8. The lowest BCUT2D eigenvalue weighted by Crippen LogP contribution is -2.85. The van der Waals surface area contributed by atoms with Crippen LogP contribution in [0, 0.1) is 5.41 Å². The average Bonchev–Trinajstić information content (AvgIpc) is 2.48. The molecular formula is C17H26BF4N. The van der Waals surface area contributed by atoms with E-state index in [0.717, 1.165) is 6.54 Å². The lowest BCUT2D eigenvalue weighted by molar-refractivity contribution is -0.682. The Morgan fingerprint density at radius 2 is 1.61 bits per heavy atom. The van der Waals surface area contributed by atoms with E-state index in [4.69, 9.17) is 0 Å². The molecule has 0 saturated heterocycles. The molecule has 2 rings (SSSR count). The molecule has 1 aliphatic rings. The van der Waals surface area contributed by atoms with Gasteiger partial charge in [0.1, 0.15) is 6.54 Å². The highest BCUT2D eigenvalue weighted by Crippen LogP contribution is 2.38. The number of halogens is 4. The van der Waals surface area contributed by atoms with Gasteiger partial charge in [-0.15, -0.1) is 6.58 Å². The molecule has 6 heteroatoms. The van der Waals surface area contributed by atoms with Crippen LogP contribution in [0.2, 0.25) is 0 Å². The summed E-state index contributed by atoms with van der Waals surface area (Å²) >= 11 is 0. The predicted molar refractivity (Wildman–Crippen MR) is 87.5 cm³/mol. The van der Waals surface area contributed by atoms with E-state index in [9.17, 15) is 17.3 Å². The van der Waals surface area contributed by atoms with Gasteiger partial charge in [-0.2, -0.15) is 0 Å². The fourth-order valence-electron chi connectivity index (χ4n) is 3.26. The Morgan fingerprint density at radius 3 is 2.13 bits per heavy atom. The highest BCUT2D eigenvalue weighted by atomic mass is 19.5. The Kier molecular flexibility index (Phi) is 8.38. The van der Waals surface area contributed by atoms with Crippen molar-refractivity contribution in [1.82, 2.24) is 0 Å². The van der Waals surface area contributed by atoms with Gasteiger partial charge in [0.2, 0.25) is 0 Å². The topological polar surface area (TPSA) is 16.6 Å². The average molecular weight is 331 g/mol. The third-order valence-electron chi connectivity index (χ3n) is 4.29. The summed E-state index contributed by atoms with van der Waals surface area (Å²) < 4.78 is 39.0. The zero-order chi connectivity index (χ0) is 17.2. The second kappa shape index (κ2) is 9.76. The number of rotatable bonds is 6. The molecule has 0 aliphatic heterocycles. The van der Waals surface area contributed by atoms with E-state index in [-0.39, 0.29) is 0 Å². The minimum atomic E-state index is -6.00. The molecule has 1 aromatic carbocycles. The van der Waals surface area contributed by atoms with E-state index >= 15 is 0 Å². The molecule has 23 heavy (non-hydrogen) atoms. The van der Waals surface area contributed by atoms with Crippen LogP contribution in [0.5, 0.6) is 0 Å². The predicted octanol–water partition coefficient (Wildman–Crippen LogP) is 4.58. The third-order valence-corrected chi connectivity index (χ3v) is 4.29. The Hall–Kier alpha value is -1.30. The molecule has 0 amide bonds. The second-order valence-electron chi connectivity index (χ2n) is 6.23. The summed E-state index contributed by atoms with van der Waals surface area (Å²) in [6, 6.07) is 10.8. The Bertz CT molecular complexity index is 436. The molecule has 0 unspecified atom stereocenters. The van der Waals surface area contributed by atoms with Gasteiger partial charge in [-0.05, 0) is 19.3 Å². The van der Waals surface area contributed by atoms with Gasteiger partial charge < -0.3 is 22.6 Å². The van der Waals surface area contributed by atoms with Gasteiger partial charge in [-0.3, -0.25) is 0 Å². The number of hydrogen-bond acceptors (Lipinski definition) is 0. The fraction of sp³-hybridized carbons (Fsp3) is 0.529. The highest BCUT2D eigenvalue weighted by Gasteiger charge is 2.32. The van der Waals surface area contributed by atoms with Crippen molar-refractivity contribution in [2.75, 3.05) is 6.54 Å². The van der Waals surface area contributed by atoms with Gasteiger partial charge in [0.25, 0.3) is 0 Å². The van der Waals surface area contributed by atoms with E-state index in [1.807, 2.05) is 0 Å². The van der Waals surface area contributed by atoms with Gasteiger partial charge in [-0.25, -0.2) is 0 Å². The van der Waals surface area contributed by atoms with Crippen molar-refractivity contribution < 1.29 is 22.6 Å². The minimum Gasteiger partial charge on any atom is -0.418 e. The fourth-order valence-corrected chi connectivity index (χ4v) is 3.26. The summed E-state index contributed by atoms with van der Waals surface area (Å²) in [6.07, 6.45) is 10.4. The quantitative estimate of drug-likeness (QED) is 0.446. The lowest BCUT2D eigenvalue weighted by atomic mass is 9.72. The summed E-state index contributed by atoms with van der Waals surface area (Å²) in [4.78, 5) is 0. The van der Waals surface area contributed by atoms with Gasteiger partial charge in [0.05, 0.1) is 6.54 Å². The first-order chi connectivity index (χ1) is 10.8. The summed E-state index contributed by atoms with van der Waals surface area (Å²) in [7, 11) is -6.00. The number of benzene rings is 1. The smallest absolute Gasteiger partial charge is 0.418 e. The SMILES string of the molecule is C=CCC1(C[NH2+]Cc2ccccc2)CCCCC1.F[B-](F)(F)F. The van der Waals surface area contributed by atoms with Crippen LogP contribution in [0.25, 0.3) is 0 Å². The molecule has 2 N–H and O–H groups in total. The largest absolute Gasteiger partial charge is 0.673 e. The lowest BCUT2D eigenvalue weighted by Gasteiger charge is -2.34. The molecule has 0 spiro atoms. The molecule has 1 aliphatic carbocycles. The van der Waals surface area contributed by atoms with Crippen molar-refractivity contribution >= 4 is 7.25 Å².